The van der Waals surface area contributed by atoms with Gasteiger partial charge in [-0.3, -0.25) is 0 Å². The molecule has 0 radical (unpaired) electrons. The van der Waals surface area contributed by atoms with Crippen LogP contribution in [0.25, 0.3) is 0 Å². The maximum absolute atomic E-state index is 5.91. The predicted molar refractivity (Wildman–Crippen MR) is 69.6 cm³/mol. The topological polar surface area (TPSA) is 9.23 Å². The largest absolute Gasteiger partial charge is 0.370 e. The number of ether oxygens (including phenoxy) is 1. The average molecular weight is 275 g/mol. The van der Waals surface area contributed by atoms with E-state index >= 15 is 0 Å². The molecule has 0 bridgehead atoms. The van der Waals surface area contributed by atoms with E-state index in [9.17, 15) is 0 Å². The predicted octanol–water partition coefficient (Wildman–Crippen LogP) is 4.46. The lowest BCUT2D eigenvalue weighted by Crippen LogP contribution is -2.24. The zero-order valence-corrected chi connectivity index (χ0v) is 11.3. The first-order valence-corrected chi connectivity index (χ1v) is 7.37. The maximum Gasteiger partial charge on any atom is 0.0856 e. The fourth-order valence-corrected chi connectivity index (χ4v) is 2.35. The van der Waals surface area contributed by atoms with Crippen molar-refractivity contribution in [1.29, 1.82) is 0 Å². The van der Waals surface area contributed by atoms with E-state index in [0.717, 1.165) is 11.8 Å². The molecule has 1 nitrogen and oxygen atoms in total. The van der Waals surface area contributed by atoms with E-state index in [-0.39, 0.29) is 0 Å². The van der Waals surface area contributed by atoms with Crippen LogP contribution < -0.4 is 0 Å². The summed E-state index contributed by atoms with van der Waals surface area (Å²) in [5.74, 6) is 0. The third kappa shape index (κ3) is 5.72. The quantitative estimate of drug-likeness (QED) is 0.379. The van der Waals surface area contributed by atoms with Crippen LogP contribution in [0.15, 0.2) is 12.2 Å². The van der Waals surface area contributed by atoms with Gasteiger partial charge in [0, 0.05) is 5.33 Å². The van der Waals surface area contributed by atoms with Gasteiger partial charge in [0.15, 0.2) is 0 Å². The first-order valence-electron chi connectivity index (χ1n) is 6.25. The Labute approximate surface area is 102 Å². The van der Waals surface area contributed by atoms with Gasteiger partial charge >= 0.3 is 0 Å². The molecule has 0 aromatic carbocycles. The van der Waals surface area contributed by atoms with Gasteiger partial charge < -0.3 is 4.74 Å². The monoisotopic (exact) mass is 274 g/mol. The normalized spacial score (nSPS) is 25.7. The summed E-state index contributed by atoms with van der Waals surface area (Å²) in [7, 11) is 0. The van der Waals surface area contributed by atoms with E-state index in [4.69, 9.17) is 4.74 Å². The molecule has 0 aromatic heterocycles. The molecule has 1 heterocycles. The number of unbranched alkanes of at least 4 members (excludes halogenated alkanes) is 4. The van der Waals surface area contributed by atoms with Gasteiger partial charge in [0.1, 0.15) is 0 Å². The van der Waals surface area contributed by atoms with Crippen LogP contribution in [-0.2, 0) is 4.74 Å². The fraction of sp³-hybridized carbons (Fsp3) is 0.846. The Hall–Kier alpha value is 0.180. The fourth-order valence-electron chi connectivity index (χ4n) is 1.98. The van der Waals surface area contributed by atoms with Crippen LogP contribution in [0.4, 0.5) is 0 Å². The summed E-state index contributed by atoms with van der Waals surface area (Å²) >= 11 is 3.46. The Morgan fingerprint density at radius 1 is 1.27 bits per heavy atom. The van der Waals surface area contributed by atoms with Crippen molar-refractivity contribution >= 4 is 15.9 Å². The molecule has 88 valence electrons. The molecule has 1 rings (SSSR count). The molecule has 0 aliphatic carbocycles. The number of rotatable bonds is 7. The SMILES string of the molecule is CCCCCCC[C@H]1CC=C[C@@H](CBr)O1. The molecule has 0 unspecified atom stereocenters. The highest BCUT2D eigenvalue weighted by Crippen LogP contribution is 2.19. The Kier molecular flexibility index (Phi) is 7.37. The van der Waals surface area contributed by atoms with Crippen LogP contribution in [-0.4, -0.2) is 17.5 Å². The summed E-state index contributed by atoms with van der Waals surface area (Å²) in [6.45, 7) is 2.26. The molecule has 1 aliphatic heterocycles. The van der Waals surface area contributed by atoms with Gasteiger partial charge in [-0.2, -0.15) is 0 Å². The van der Waals surface area contributed by atoms with E-state index in [1.54, 1.807) is 0 Å². The molecule has 0 amide bonds. The second-order valence-corrected chi connectivity index (χ2v) is 4.97. The molecule has 0 aromatic rings. The zero-order chi connectivity index (χ0) is 10.9. The van der Waals surface area contributed by atoms with E-state index in [1.165, 1.54) is 38.5 Å². The molecule has 2 atom stereocenters. The van der Waals surface area contributed by atoms with Crippen molar-refractivity contribution in [3.8, 4) is 0 Å². The van der Waals surface area contributed by atoms with Gasteiger partial charge in [-0.15, -0.1) is 0 Å². The summed E-state index contributed by atoms with van der Waals surface area (Å²) in [5.41, 5.74) is 0. The van der Waals surface area contributed by atoms with E-state index in [1.807, 2.05) is 0 Å². The lowest BCUT2D eigenvalue weighted by Gasteiger charge is -2.24. The van der Waals surface area contributed by atoms with Crippen LogP contribution in [0.3, 0.4) is 0 Å². The van der Waals surface area contributed by atoms with Crippen molar-refractivity contribution in [3.63, 3.8) is 0 Å². The molecular formula is C13H23BrO. The summed E-state index contributed by atoms with van der Waals surface area (Å²) in [6.07, 6.45) is 14.4. The standard InChI is InChI=1S/C13H23BrO/c1-2-3-4-5-6-8-12-9-7-10-13(11-14)15-12/h7,10,12-13H,2-6,8-9,11H2,1H3/t12-,13-/m0/s1. The molecule has 15 heavy (non-hydrogen) atoms. The summed E-state index contributed by atoms with van der Waals surface area (Å²) < 4.78 is 5.91. The van der Waals surface area contributed by atoms with Gasteiger partial charge in [0.25, 0.3) is 0 Å². The van der Waals surface area contributed by atoms with Crippen molar-refractivity contribution in [2.45, 2.75) is 64.1 Å². The summed E-state index contributed by atoms with van der Waals surface area (Å²) in [5, 5.41) is 0.926. The van der Waals surface area contributed by atoms with Crippen molar-refractivity contribution in [3.05, 3.63) is 12.2 Å². The minimum absolute atomic E-state index is 0.305. The molecule has 1 aliphatic rings. The molecule has 0 fully saturated rings. The third-order valence-corrected chi connectivity index (χ3v) is 3.54. The Bertz CT molecular complexity index is 179. The van der Waals surface area contributed by atoms with Gasteiger partial charge in [-0.25, -0.2) is 0 Å². The second-order valence-electron chi connectivity index (χ2n) is 4.32. The number of alkyl halides is 1. The minimum Gasteiger partial charge on any atom is -0.370 e. The number of hydrogen-bond donors (Lipinski definition) is 0. The van der Waals surface area contributed by atoms with E-state index < -0.39 is 0 Å². The smallest absolute Gasteiger partial charge is 0.0856 e. The molecule has 0 N–H and O–H groups in total. The highest BCUT2D eigenvalue weighted by Gasteiger charge is 2.16. The maximum atomic E-state index is 5.91. The minimum atomic E-state index is 0.305. The highest BCUT2D eigenvalue weighted by atomic mass is 79.9. The highest BCUT2D eigenvalue weighted by molar-refractivity contribution is 9.09. The lowest BCUT2D eigenvalue weighted by atomic mass is 10.0. The van der Waals surface area contributed by atoms with Crippen LogP contribution in [0.2, 0.25) is 0 Å². The summed E-state index contributed by atoms with van der Waals surface area (Å²) in [4.78, 5) is 0. The first-order chi connectivity index (χ1) is 7.36. The van der Waals surface area contributed by atoms with Gasteiger partial charge in [0.2, 0.25) is 0 Å². The van der Waals surface area contributed by atoms with Crippen LogP contribution in [0.1, 0.15) is 51.9 Å². The second kappa shape index (κ2) is 8.35. The average Bonchev–Trinajstić information content (AvgIpc) is 2.29. The van der Waals surface area contributed by atoms with Crippen molar-refractivity contribution in [2.75, 3.05) is 5.33 Å². The van der Waals surface area contributed by atoms with E-state index in [2.05, 4.69) is 35.0 Å². The molecule has 0 saturated carbocycles. The zero-order valence-electron chi connectivity index (χ0n) is 9.75. The molecule has 2 heteroatoms. The third-order valence-electron chi connectivity index (χ3n) is 2.90. The van der Waals surface area contributed by atoms with Crippen LogP contribution in [0, 0.1) is 0 Å². The Morgan fingerprint density at radius 3 is 2.80 bits per heavy atom. The Morgan fingerprint density at radius 2 is 2.07 bits per heavy atom. The molecule has 0 saturated heterocycles. The van der Waals surface area contributed by atoms with Crippen molar-refractivity contribution in [1.82, 2.24) is 0 Å². The molecule has 0 spiro atoms. The summed E-state index contributed by atoms with van der Waals surface area (Å²) in [6, 6.07) is 0. The lowest BCUT2D eigenvalue weighted by molar-refractivity contribution is 0.0125. The van der Waals surface area contributed by atoms with Crippen molar-refractivity contribution < 1.29 is 4.74 Å². The van der Waals surface area contributed by atoms with Crippen molar-refractivity contribution in [2.24, 2.45) is 0 Å². The van der Waals surface area contributed by atoms with Gasteiger partial charge in [-0.1, -0.05) is 67.1 Å². The van der Waals surface area contributed by atoms with Gasteiger partial charge in [0.05, 0.1) is 12.2 Å². The number of halogens is 1. The van der Waals surface area contributed by atoms with Crippen LogP contribution in [0.5, 0.6) is 0 Å². The van der Waals surface area contributed by atoms with Crippen LogP contribution >= 0.6 is 15.9 Å². The number of hydrogen-bond acceptors (Lipinski definition) is 1. The Balaban J connectivity index is 2.04. The van der Waals surface area contributed by atoms with Gasteiger partial charge in [-0.05, 0) is 12.8 Å². The van der Waals surface area contributed by atoms with E-state index in [0.29, 0.717) is 12.2 Å². The molecular weight excluding hydrogens is 252 g/mol. The first kappa shape index (κ1) is 13.2.